The number of carboxylic acid groups (broad SMARTS) is 1. The number of hydrogen-bond acceptors (Lipinski definition) is 3. The standard InChI is InChI=1S/C14H24O4/c1-2-14(17)18-12-10-8-6-4-3-5-7-9-11-13(15)16/h2H,1,3-12H2,(H,15,16). The highest BCUT2D eigenvalue weighted by molar-refractivity contribution is 5.81. The van der Waals surface area contributed by atoms with Gasteiger partial charge < -0.3 is 9.84 Å². The Balaban J connectivity index is 3.05. The van der Waals surface area contributed by atoms with E-state index in [1.807, 2.05) is 0 Å². The molecule has 0 aromatic carbocycles. The molecule has 0 saturated carbocycles. The van der Waals surface area contributed by atoms with Crippen LogP contribution in [0.1, 0.15) is 57.8 Å². The summed E-state index contributed by atoms with van der Waals surface area (Å²) >= 11 is 0. The smallest absolute Gasteiger partial charge is 0.330 e. The zero-order valence-corrected chi connectivity index (χ0v) is 11.0. The fraction of sp³-hybridized carbons (Fsp3) is 0.714. The fourth-order valence-electron chi connectivity index (χ4n) is 1.67. The zero-order valence-electron chi connectivity index (χ0n) is 11.0. The van der Waals surface area contributed by atoms with E-state index < -0.39 is 5.97 Å². The summed E-state index contributed by atoms with van der Waals surface area (Å²) in [5.74, 6) is -1.06. The van der Waals surface area contributed by atoms with Crippen molar-refractivity contribution in [1.29, 1.82) is 0 Å². The lowest BCUT2D eigenvalue weighted by Crippen LogP contribution is -2.01. The molecule has 0 aliphatic rings. The van der Waals surface area contributed by atoms with Crippen LogP contribution in [0.2, 0.25) is 0 Å². The van der Waals surface area contributed by atoms with E-state index in [1.165, 1.54) is 12.5 Å². The maximum atomic E-state index is 10.7. The Labute approximate surface area is 109 Å². The minimum atomic E-state index is -0.705. The van der Waals surface area contributed by atoms with Crippen molar-refractivity contribution in [2.45, 2.75) is 57.8 Å². The van der Waals surface area contributed by atoms with E-state index in [1.54, 1.807) is 0 Å². The molecule has 0 saturated heterocycles. The summed E-state index contributed by atoms with van der Waals surface area (Å²) in [6.07, 6.45) is 9.80. The van der Waals surface area contributed by atoms with Gasteiger partial charge in [-0.3, -0.25) is 4.79 Å². The fourth-order valence-corrected chi connectivity index (χ4v) is 1.67. The number of aliphatic carboxylic acids is 1. The average Bonchev–Trinajstić information content (AvgIpc) is 2.35. The SMILES string of the molecule is C=CC(=O)OCCCCCCCCCCC(=O)O. The summed E-state index contributed by atoms with van der Waals surface area (Å²) in [6, 6.07) is 0. The van der Waals surface area contributed by atoms with E-state index in [0.29, 0.717) is 6.61 Å². The van der Waals surface area contributed by atoms with Crippen LogP contribution in [-0.4, -0.2) is 23.7 Å². The average molecular weight is 256 g/mol. The van der Waals surface area contributed by atoms with Gasteiger partial charge in [0.15, 0.2) is 0 Å². The Morgan fingerprint density at radius 1 is 0.944 bits per heavy atom. The molecule has 0 radical (unpaired) electrons. The van der Waals surface area contributed by atoms with Gasteiger partial charge in [0.2, 0.25) is 0 Å². The molecular formula is C14H24O4. The lowest BCUT2D eigenvalue weighted by atomic mass is 10.1. The number of unbranched alkanes of at least 4 members (excludes halogenated alkanes) is 7. The summed E-state index contributed by atoms with van der Waals surface area (Å²) in [5, 5.41) is 8.45. The van der Waals surface area contributed by atoms with Crippen molar-refractivity contribution < 1.29 is 19.4 Å². The number of carboxylic acids is 1. The first-order chi connectivity index (χ1) is 8.66. The van der Waals surface area contributed by atoms with Crippen molar-refractivity contribution in [2.24, 2.45) is 0 Å². The molecule has 0 aromatic heterocycles. The molecule has 0 aliphatic heterocycles. The van der Waals surface area contributed by atoms with E-state index in [2.05, 4.69) is 6.58 Å². The van der Waals surface area contributed by atoms with E-state index in [0.717, 1.165) is 44.9 Å². The second-order valence-electron chi connectivity index (χ2n) is 4.34. The van der Waals surface area contributed by atoms with Gasteiger partial charge in [0.1, 0.15) is 0 Å². The molecule has 4 heteroatoms. The van der Waals surface area contributed by atoms with E-state index in [9.17, 15) is 9.59 Å². The van der Waals surface area contributed by atoms with Crippen LogP contribution < -0.4 is 0 Å². The van der Waals surface area contributed by atoms with Crippen molar-refractivity contribution in [3.8, 4) is 0 Å². The molecule has 0 spiro atoms. The first-order valence-electron chi connectivity index (χ1n) is 6.68. The third-order valence-corrected chi connectivity index (χ3v) is 2.70. The van der Waals surface area contributed by atoms with Gasteiger partial charge in [0.25, 0.3) is 0 Å². The first kappa shape index (κ1) is 16.7. The third-order valence-electron chi connectivity index (χ3n) is 2.70. The van der Waals surface area contributed by atoms with Crippen LogP contribution in [-0.2, 0) is 14.3 Å². The molecular weight excluding hydrogens is 232 g/mol. The molecule has 4 nitrogen and oxygen atoms in total. The predicted molar refractivity (Wildman–Crippen MR) is 70.3 cm³/mol. The van der Waals surface area contributed by atoms with Crippen molar-refractivity contribution in [1.82, 2.24) is 0 Å². The maximum absolute atomic E-state index is 10.7. The van der Waals surface area contributed by atoms with Crippen LogP contribution in [0.4, 0.5) is 0 Å². The number of rotatable bonds is 12. The van der Waals surface area contributed by atoms with Gasteiger partial charge >= 0.3 is 11.9 Å². The molecule has 0 aliphatic carbocycles. The Bertz CT molecular complexity index is 248. The second-order valence-corrected chi connectivity index (χ2v) is 4.34. The number of carbonyl (C=O) groups excluding carboxylic acids is 1. The highest BCUT2D eigenvalue weighted by atomic mass is 16.5. The molecule has 18 heavy (non-hydrogen) atoms. The first-order valence-corrected chi connectivity index (χ1v) is 6.68. The molecule has 104 valence electrons. The molecule has 0 amide bonds. The van der Waals surface area contributed by atoms with Gasteiger partial charge in [-0.1, -0.05) is 45.1 Å². The van der Waals surface area contributed by atoms with Crippen molar-refractivity contribution in [3.63, 3.8) is 0 Å². The van der Waals surface area contributed by atoms with Crippen LogP contribution in [0, 0.1) is 0 Å². The van der Waals surface area contributed by atoms with E-state index >= 15 is 0 Å². The normalized spacial score (nSPS) is 10.0. The Hall–Kier alpha value is -1.32. The van der Waals surface area contributed by atoms with Crippen LogP contribution >= 0.6 is 0 Å². The zero-order chi connectivity index (χ0) is 13.6. The summed E-state index contributed by atoms with van der Waals surface area (Å²) < 4.78 is 4.86. The van der Waals surface area contributed by atoms with Gasteiger partial charge in [0.05, 0.1) is 6.61 Å². The molecule has 0 unspecified atom stereocenters. The van der Waals surface area contributed by atoms with Crippen LogP contribution in [0.15, 0.2) is 12.7 Å². The van der Waals surface area contributed by atoms with Gasteiger partial charge in [-0.2, -0.15) is 0 Å². The lowest BCUT2D eigenvalue weighted by Gasteiger charge is -2.02. The Kier molecular flexibility index (Phi) is 11.3. The Morgan fingerprint density at radius 3 is 1.94 bits per heavy atom. The number of ether oxygens (including phenoxy) is 1. The van der Waals surface area contributed by atoms with Crippen molar-refractivity contribution in [2.75, 3.05) is 6.61 Å². The molecule has 0 bridgehead atoms. The number of hydrogen-bond donors (Lipinski definition) is 1. The quantitative estimate of drug-likeness (QED) is 0.330. The third kappa shape index (κ3) is 12.7. The molecule has 0 aromatic rings. The predicted octanol–water partition coefficient (Wildman–Crippen LogP) is 3.31. The van der Waals surface area contributed by atoms with Crippen LogP contribution in [0.5, 0.6) is 0 Å². The molecule has 1 N–H and O–H groups in total. The van der Waals surface area contributed by atoms with Crippen LogP contribution in [0.3, 0.4) is 0 Å². The minimum Gasteiger partial charge on any atom is -0.481 e. The minimum absolute atomic E-state index is 0.286. The largest absolute Gasteiger partial charge is 0.481 e. The van der Waals surface area contributed by atoms with Crippen molar-refractivity contribution >= 4 is 11.9 Å². The van der Waals surface area contributed by atoms with Gasteiger partial charge in [-0.25, -0.2) is 4.79 Å². The van der Waals surface area contributed by atoms with E-state index in [4.69, 9.17) is 9.84 Å². The maximum Gasteiger partial charge on any atom is 0.330 e. The molecule has 0 rings (SSSR count). The molecule has 0 heterocycles. The lowest BCUT2D eigenvalue weighted by molar-refractivity contribution is -0.138. The van der Waals surface area contributed by atoms with Crippen LogP contribution in [0.25, 0.3) is 0 Å². The van der Waals surface area contributed by atoms with Crippen molar-refractivity contribution in [3.05, 3.63) is 12.7 Å². The summed E-state index contributed by atoms with van der Waals surface area (Å²) in [6.45, 7) is 3.80. The summed E-state index contributed by atoms with van der Waals surface area (Å²) in [5.41, 5.74) is 0. The van der Waals surface area contributed by atoms with Gasteiger partial charge in [-0.15, -0.1) is 0 Å². The van der Waals surface area contributed by atoms with Gasteiger partial charge in [0, 0.05) is 12.5 Å². The summed E-state index contributed by atoms with van der Waals surface area (Å²) in [7, 11) is 0. The number of esters is 1. The molecule has 0 fully saturated rings. The summed E-state index contributed by atoms with van der Waals surface area (Å²) in [4.78, 5) is 21.0. The van der Waals surface area contributed by atoms with E-state index in [-0.39, 0.29) is 12.4 Å². The second kappa shape index (κ2) is 12.1. The van der Waals surface area contributed by atoms with Gasteiger partial charge in [-0.05, 0) is 12.8 Å². The highest BCUT2D eigenvalue weighted by Gasteiger charge is 1.97. The Morgan fingerprint density at radius 2 is 1.44 bits per heavy atom. The monoisotopic (exact) mass is 256 g/mol. The number of carbonyl (C=O) groups is 2. The molecule has 0 atom stereocenters. The highest BCUT2D eigenvalue weighted by Crippen LogP contribution is 2.09. The topological polar surface area (TPSA) is 63.6 Å².